The number of rotatable bonds is 3. The highest BCUT2D eigenvalue weighted by atomic mass is 35.5. The van der Waals surface area contributed by atoms with Crippen molar-refractivity contribution in [3.8, 4) is 5.69 Å². The number of benzene rings is 1. The molecular formula is C16H19ClN6O3S. The monoisotopic (exact) mass is 410 g/mol. The van der Waals surface area contributed by atoms with Gasteiger partial charge >= 0.3 is 0 Å². The van der Waals surface area contributed by atoms with Crippen LogP contribution >= 0.6 is 11.6 Å². The minimum absolute atomic E-state index is 0.0685. The Morgan fingerprint density at radius 2 is 1.96 bits per heavy atom. The van der Waals surface area contributed by atoms with Crippen LogP contribution in [0, 0.1) is 0 Å². The number of sulfone groups is 1. The van der Waals surface area contributed by atoms with Crippen LogP contribution in [-0.2, 0) is 9.84 Å². The lowest BCUT2D eigenvalue weighted by Gasteiger charge is -2.37. The van der Waals surface area contributed by atoms with Gasteiger partial charge in [0.2, 0.25) is 0 Å². The average Bonchev–Trinajstić information content (AvgIpc) is 3.31. The molecule has 2 aliphatic heterocycles. The van der Waals surface area contributed by atoms with Crippen molar-refractivity contribution in [2.24, 2.45) is 0 Å². The molecule has 1 atom stereocenters. The minimum atomic E-state index is -2.91. The summed E-state index contributed by atoms with van der Waals surface area (Å²) in [6, 6.07) is 5.15. The summed E-state index contributed by atoms with van der Waals surface area (Å²) < 4.78 is 24.8. The van der Waals surface area contributed by atoms with Crippen LogP contribution in [0.15, 0.2) is 24.5 Å². The second-order valence-electron chi connectivity index (χ2n) is 6.80. The lowest BCUT2D eigenvalue weighted by molar-refractivity contribution is 0.0588. The SMILES string of the molecule is O=C(c1cc(-n2cnnn2)ccc1Cl)N1CCN([C@@H]2CCS(=O)(=O)C2)CC1. The fourth-order valence-corrected chi connectivity index (χ4v) is 5.58. The number of carbonyl (C=O) groups is 1. The van der Waals surface area contributed by atoms with E-state index in [0.717, 1.165) is 0 Å². The van der Waals surface area contributed by atoms with E-state index in [0.29, 0.717) is 48.9 Å². The molecule has 0 unspecified atom stereocenters. The van der Waals surface area contributed by atoms with E-state index in [1.807, 2.05) is 0 Å². The van der Waals surface area contributed by atoms with Crippen LogP contribution in [0.1, 0.15) is 16.8 Å². The van der Waals surface area contributed by atoms with Gasteiger partial charge in [-0.1, -0.05) is 11.6 Å². The topological polar surface area (TPSA) is 101 Å². The zero-order valence-electron chi connectivity index (χ0n) is 14.5. The predicted molar refractivity (Wildman–Crippen MR) is 98.7 cm³/mol. The summed E-state index contributed by atoms with van der Waals surface area (Å²) in [5.74, 6) is 0.338. The Labute approximate surface area is 161 Å². The van der Waals surface area contributed by atoms with Crippen molar-refractivity contribution in [3.63, 3.8) is 0 Å². The summed E-state index contributed by atoms with van der Waals surface area (Å²) in [5, 5.41) is 11.4. The first kappa shape index (κ1) is 18.3. The molecule has 0 N–H and O–H groups in total. The highest BCUT2D eigenvalue weighted by Gasteiger charge is 2.34. The Bertz CT molecular complexity index is 941. The van der Waals surface area contributed by atoms with Crippen molar-refractivity contribution >= 4 is 27.3 Å². The molecule has 27 heavy (non-hydrogen) atoms. The first-order valence-corrected chi connectivity index (χ1v) is 10.9. The molecule has 4 rings (SSSR count). The van der Waals surface area contributed by atoms with Gasteiger partial charge in [-0.05, 0) is 35.0 Å². The molecule has 0 aliphatic carbocycles. The molecule has 0 spiro atoms. The van der Waals surface area contributed by atoms with E-state index in [1.54, 1.807) is 23.1 Å². The molecular weight excluding hydrogens is 392 g/mol. The summed E-state index contributed by atoms with van der Waals surface area (Å²) in [5.41, 5.74) is 1.06. The van der Waals surface area contributed by atoms with E-state index >= 15 is 0 Å². The summed E-state index contributed by atoms with van der Waals surface area (Å²) in [6.45, 7) is 2.41. The number of hydrogen-bond acceptors (Lipinski definition) is 7. The fourth-order valence-electron chi connectivity index (χ4n) is 3.62. The first-order chi connectivity index (χ1) is 12.9. The van der Waals surface area contributed by atoms with Gasteiger partial charge in [0.05, 0.1) is 27.8 Å². The summed E-state index contributed by atoms with van der Waals surface area (Å²) in [4.78, 5) is 16.9. The highest BCUT2D eigenvalue weighted by molar-refractivity contribution is 7.91. The van der Waals surface area contributed by atoms with Gasteiger partial charge in [0.25, 0.3) is 5.91 Å². The normalized spacial score (nSPS) is 22.9. The van der Waals surface area contributed by atoms with Crippen molar-refractivity contribution in [1.82, 2.24) is 30.0 Å². The van der Waals surface area contributed by atoms with Gasteiger partial charge < -0.3 is 4.90 Å². The first-order valence-electron chi connectivity index (χ1n) is 8.70. The van der Waals surface area contributed by atoms with E-state index in [2.05, 4.69) is 20.4 Å². The van der Waals surface area contributed by atoms with Gasteiger partial charge in [-0.2, -0.15) is 0 Å². The van der Waals surface area contributed by atoms with Crippen molar-refractivity contribution in [2.75, 3.05) is 37.7 Å². The highest BCUT2D eigenvalue weighted by Crippen LogP contribution is 2.23. The molecule has 2 saturated heterocycles. The van der Waals surface area contributed by atoms with Crippen LogP contribution in [0.25, 0.3) is 5.69 Å². The Morgan fingerprint density at radius 3 is 2.59 bits per heavy atom. The van der Waals surface area contributed by atoms with Crippen LogP contribution < -0.4 is 0 Å². The summed E-state index contributed by atoms with van der Waals surface area (Å²) in [7, 11) is -2.91. The number of aromatic nitrogens is 4. The van der Waals surface area contributed by atoms with Crippen LogP contribution in [0.2, 0.25) is 5.02 Å². The van der Waals surface area contributed by atoms with Gasteiger partial charge in [-0.3, -0.25) is 9.69 Å². The van der Waals surface area contributed by atoms with Crippen LogP contribution in [-0.4, -0.2) is 88.1 Å². The van der Waals surface area contributed by atoms with E-state index < -0.39 is 9.84 Å². The van der Waals surface area contributed by atoms with Crippen molar-refractivity contribution in [3.05, 3.63) is 35.1 Å². The second kappa shape index (κ2) is 7.17. The maximum atomic E-state index is 12.9. The summed E-state index contributed by atoms with van der Waals surface area (Å²) >= 11 is 6.25. The van der Waals surface area contributed by atoms with Gasteiger partial charge in [0.1, 0.15) is 6.33 Å². The van der Waals surface area contributed by atoms with Gasteiger partial charge in [-0.15, -0.1) is 5.10 Å². The molecule has 2 aromatic rings. The standard InChI is InChI=1S/C16H19ClN6O3S/c17-15-2-1-12(23-11-18-19-20-23)9-14(15)16(24)22-6-4-21(5-7-22)13-3-8-27(25,26)10-13/h1-2,9,11,13H,3-8,10H2/t13-/m1/s1. The molecule has 2 aliphatic rings. The molecule has 11 heteroatoms. The van der Waals surface area contributed by atoms with Crippen molar-refractivity contribution in [2.45, 2.75) is 12.5 Å². The van der Waals surface area contributed by atoms with E-state index in [4.69, 9.17) is 11.6 Å². The molecule has 0 bridgehead atoms. The third-order valence-electron chi connectivity index (χ3n) is 5.12. The van der Waals surface area contributed by atoms with Gasteiger partial charge in [-0.25, -0.2) is 13.1 Å². The third kappa shape index (κ3) is 3.83. The average molecular weight is 411 g/mol. The molecule has 1 aromatic carbocycles. The minimum Gasteiger partial charge on any atom is -0.336 e. The summed E-state index contributed by atoms with van der Waals surface area (Å²) in [6.07, 6.45) is 2.13. The molecule has 144 valence electrons. The Balaban J connectivity index is 1.45. The molecule has 2 fully saturated rings. The fraction of sp³-hybridized carbons (Fsp3) is 0.500. The van der Waals surface area contributed by atoms with E-state index in [-0.39, 0.29) is 23.5 Å². The Hall–Kier alpha value is -2.04. The zero-order chi connectivity index (χ0) is 19.0. The van der Waals surface area contributed by atoms with Crippen LogP contribution in [0.4, 0.5) is 0 Å². The zero-order valence-corrected chi connectivity index (χ0v) is 16.1. The Kier molecular flexibility index (Phi) is 4.87. The molecule has 1 aromatic heterocycles. The van der Waals surface area contributed by atoms with Crippen LogP contribution in [0.3, 0.4) is 0 Å². The molecule has 3 heterocycles. The van der Waals surface area contributed by atoms with Crippen molar-refractivity contribution < 1.29 is 13.2 Å². The number of piperazine rings is 1. The smallest absolute Gasteiger partial charge is 0.255 e. The van der Waals surface area contributed by atoms with Crippen molar-refractivity contribution in [1.29, 1.82) is 0 Å². The molecule has 0 saturated carbocycles. The Morgan fingerprint density at radius 1 is 1.19 bits per heavy atom. The predicted octanol–water partition coefficient (Wildman–Crippen LogP) is 0.261. The number of hydrogen-bond donors (Lipinski definition) is 0. The van der Waals surface area contributed by atoms with E-state index in [9.17, 15) is 13.2 Å². The lowest BCUT2D eigenvalue weighted by Crippen LogP contribution is -2.52. The number of nitrogens with zero attached hydrogens (tertiary/aromatic N) is 6. The van der Waals surface area contributed by atoms with Gasteiger partial charge in [0.15, 0.2) is 9.84 Å². The lowest BCUT2D eigenvalue weighted by atomic mass is 10.1. The maximum absolute atomic E-state index is 12.9. The number of halogens is 1. The molecule has 9 nitrogen and oxygen atoms in total. The third-order valence-corrected chi connectivity index (χ3v) is 7.20. The quantitative estimate of drug-likeness (QED) is 0.715. The number of carbonyl (C=O) groups excluding carboxylic acids is 1. The van der Waals surface area contributed by atoms with Gasteiger partial charge in [0, 0.05) is 32.2 Å². The number of tetrazole rings is 1. The maximum Gasteiger partial charge on any atom is 0.255 e. The van der Waals surface area contributed by atoms with E-state index in [1.165, 1.54) is 11.0 Å². The van der Waals surface area contributed by atoms with Crippen LogP contribution in [0.5, 0.6) is 0 Å². The second-order valence-corrected chi connectivity index (χ2v) is 9.44. The molecule has 0 radical (unpaired) electrons. The number of amides is 1. The largest absolute Gasteiger partial charge is 0.336 e. The molecule has 1 amide bonds.